The number of nitrogens with zero attached hydrogens (tertiary/aromatic N) is 1. The molecule has 24 heavy (non-hydrogen) atoms. The summed E-state index contributed by atoms with van der Waals surface area (Å²) < 4.78 is 11.2. The highest BCUT2D eigenvalue weighted by molar-refractivity contribution is 7.80. The molecule has 0 saturated carbocycles. The second-order valence-electron chi connectivity index (χ2n) is 5.37. The van der Waals surface area contributed by atoms with Crippen LogP contribution in [0.4, 0.5) is 0 Å². The lowest BCUT2D eigenvalue weighted by molar-refractivity contribution is -0.122. The van der Waals surface area contributed by atoms with Crippen molar-refractivity contribution in [3.8, 4) is 11.5 Å². The van der Waals surface area contributed by atoms with Crippen LogP contribution < -0.4 is 14.8 Å². The van der Waals surface area contributed by atoms with Crippen LogP contribution in [-0.2, 0) is 4.79 Å². The van der Waals surface area contributed by atoms with Crippen molar-refractivity contribution in [1.82, 2.24) is 10.2 Å². The van der Waals surface area contributed by atoms with Gasteiger partial charge in [0.2, 0.25) is 0 Å². The number of unbranched alkanes of at least 4 members (excludes halogenated alkanes) is 1. The maximum Gasteiger partial charge on any atom is 0.276 e. The standard InChI is InChI=1S/C18H24N2O3S/c1-4-7-10-20-17(21)14(19-18(20)24)11-13-8-9-15(22-5-2)16(12-13)23-6-3/h8-9,11-12H,4-7,10H2,1-3H3,(H,19,24)/b14-11-. The lowest BCUT2D eigenvalue weighted by Crippen LogP contribution is -2.31. The average Bonchev–Trinajstić information content (AvgIpc) is 2.82. The summed E-state index contributed by atoms with van der Waals surface area (Å²) >= 11 is 5.26. The summed E-state index contributed by atoms with van der Waals surface area (Å²) in [6, 6.07) is 5.62. The van der Waals surface area contributed by atoms with Crippen molar-refractivity contribution in [2.75, 3.05) is 19.8 Å². The molecule has 0 aromatic heterocycles. The molecule has 1 aromatic rings. The third-order valence-electron chi connectivity index (χ3n) is 3.58. The van der Waals surface area contributed by atoms with E-state index in [-0.39, 0.29) is 5.91 Å². The number of amides is 1. The van der Waals surface area contributed by atoms with Gasteiger partial charge in [-0.05, 0) is 56.3 Å². The van der Waals surface area contributed by atoms with Crippen molar-refractivity contribution >= 4 is 29.3 Å². The summed E-state index contributed by atoms with van der Waals surface area (Å²) in [5.74, 6) is 1.29. The van der Waals surface area contributed by atoms with E-state index in [9.17, 15) is 4.79 Å². The van der Waals surface area contributed by atoms with Gasteiger partial charge < -0.3 is 14.8 Å². The number of thiocarbonyl (C=S) groups is 1. The van der Waals surface area contributed by atoms with E-state index in [4.69, 9.17) is 21.7 Å². The molecule has 6 heteroatoms. The molecular weight excluding hydrogens is 324 g/mol. The zero-order valence-corrected chi connectivity index (χ0v) is 15.2. The normalized spacial score (nSPS) is 15.8. The Labute approximate surface area is 148 Å². The molecule has 0 atom stereocenters. The summed E-state index contributed by atoms with van der Waals surface area (Å²) in [5.41, 5.74) is 1.35. The van der Waals surface area contributed by atoms with Crippen LogP contribution in [0.3, 0.4) is 0 Å². The maximum absolute atomic E-state index is 12.5. The Hall–Kier alpha value is -2.08. The van der Waals surface area contributed by atoms with E-state index >= 15 is 0 Å². The smallest absolute Gasteiger partial charge is 0.276 e. The molecule has 1 aliphatic heterocycles. The Kier molecular flexibility index (Phi) is 6.61. The van der Waals surface area contributed by atoms with Crippen LogP contribution in [0.25, 0.3) is 6.08 Å². The molecular formula is C18H24N2O3S. The predicted octanol–water partition coefficient (Wildman–Crippen LogP) is 3.34. The van der Waals surface area contributed by atoms with Crippen molar-refractivity contribution < 1.29 is 14.3 Å². The first-order valence-corrected chi connectivity index (χ1v) is 8.75. The van der Waals surface area contributed by atoms with Gasteiger partial charge in [0.1, 0.15) is 5.70 Å². The summed E-state index contributed by atoms with van der Waals surface area (Å²) in [7, 11) is 0. The van der Waals surface area contributed by atoms with Gasteiger partial charge in [-0.3, -0.25) is 9.69 Å². The molecule has 1 heterocycles. The van der Waals surface area contributed by atoms with Crippen molar-refractivity contribution in [3.05, 3.63) is 29.5 Å². The van der Waals surface area contributed by atoms with Crippen LogP contribution in [0.5, 0.6) is 11.5 Å². The summed E-state index contributed by atoms with van der Waals surface area (Å²) in [6.45, 7) is 7.70. The van der Waals surface area contributed by atoms with Gasteiger partial charge in [-0.15, -0.1) is 0 Å². The predicted molar refractivity (Wildman–Crippen MR) is 99.1 cm³/mol. The average molecular weight is 348 g/mol. The van der Waals surface area contributed by atoms with Gasteiger partial charge in [-0.2, -0.15) is 0 Å². The zero-order chi connectivity index (χ0) is 17.5. The number of hydrogen-bond donors (Lipinski definition) is 1. The SMILES string of the molecule is CCCCN1C(=O)/C(=C/c2ccc(OCC)c(OCC)c2)NC1=S. The Bertz CT molecular complexity index is 643. The van der Waals surface area contributed by atoms with Crippen LogP contribution in [0, 0.1) is 0 Å². The van der Waals surface area contributed by atoms with E-state index in [0.717, 1.165) is 18.4 Å². The van der Waals surface area contributed by atoms with Gasteiger partial charge in [-0.1, -0.05) is 19.4 Å². The fraction of sp³-hybridized carbons (Fsp3) is 0.444. The number of nitrogens with one attached hydrogen (secondary N) is 1. The number of benzene rings is 1. The Morgan fingerprint density at radius 3 is 2.54 bits per heavy atom. The molecule has 1 fully saturated rings. The van der Waals surface area contributed by atoms with Crippen LogP contribution in [0.15, 0.2) is 23.9 Å². The van der Waals surface area contributed by atoms with E-state index in [2.05, 4.69) is 12.2 Å². The van der Waals surface area contributed by atoms with Gasteiger partial charge in [0.25, 0.3) is 5.91 Å². The van der Waals surface area contributed by atoms with Gasteiger partial charge in [0, 0.05) is 6.54 Å². The van der Waals surface area contributed by atoms with Gasteiger partial charge in [0.15, 0.2) is 16.6 Å². The monoisotopic (exact) mass is 348 g/mol. The number of ether oxygens (including phenoxy) is 2. The third-order valence-corrected chi connectivity index (χ3v) is 3.90. The molecule has 5 nitrogen and oxygen atoms in total. The molecule has 1 aliphatic rings. The van der Waals surface area contributed by atoms with Crippen LogP contribution in [0.2, 0.25) is 0 Å². The second kappa shape index (κ2) is 8.68. The van der Waals surface area contributed by atoms with E-state index in [1.54, 1.807) is 11.0 Å². The first-order chi connectivity index (χ1) is 11.6. The molecule has 1 amide bonds. The van der Waals surface area contributed by atoms with Gasteiger partial charge in [-0.25, -0.2) is 0 Å². The number of carbonyl (C=O) groups is 1. The topological polar surface area (TPSA) is 50.8 Å². The number of rotatable bonds is 8. The lowest BCUT2D eigenvalue weighted by atomic mass is 10.1. The quantitative estimate of drug-likeness (QED) is 0.577. The molecule has 130 valence electrons. The molecule has 0 aliphatic carbocycles. The first-order valence-electron chi connectivity index (χ1n) is 8.34. The summed E-state index contributed by atoms with van der Waals surface area (Å²) in [5, 5.41) is 3.47. The lowest BCUT2D eigenvalue weighted by Gasteiger charge is -2.12. The van der Waals surface area contributed by atoms with Crippen molar-refractivity contribution in [3.63, 3.8) is 0 Å². The highest BCUT2D eigenvalue weighted by atomic mass is 32.1. The molecule has 0 bridgehead atoms. The summed E-state index contributed by atoms with van der Waals surface area (Å²) in [4.78, 5) is 14.1. The largest absolute Gasteiger partial charge is 0.490 e. The fourth-order valence-electron chi connectivity index (χ4n) is 2.42. The molecule has 1 aromatic carbocycles. The minimum Gasteiger partial charge on any atom is -0.490 e. The molecule has 2 rings (SSSR count). The van der Waals surface area contributed by atoms with E-state index in [1.807, 2.05) is 32.0 Å². The van der Waals surface area contributed by atoms with Crippen LogP contribution in [-0.4, -0.2) is 35.7 Å². The minimum atomic E-state index is -0.0831. The molecule has 1 N–H and O–H groups in total. The summed E-state index contributed by atoms with van der Waals surface area (Å²) in [6.07, 6.45) is 3.74. The number of carbonyl (C=O) groups excluding carboxylic acids is 1. The maximum atomic E-state index is 12.5. The highest BCUT2D eigenvalue weighted by Gasteiger charge is 2.29. The van der Waals surface area contributed by atoms with Crippen molar-refractivity contribution in [1.29, 1.82) is 0 Å². The second-order valence-corrected chi connectivity index (χ2v) is 5.76. The minimum absolute atomic E-state index is 0.0831. The van der Waals surface area contributed by atoms with Crippen LogP contribution >= 0.6 is 12.2 Å². The number of hydrogen-bond acceptors (Lipinski definition) is 4. The highest BCUT2D eigenvalue weighted by Crippen LogP contribution is 2.29. The molecule has 0 unspecified atom stereocenters. The van der Waals surface area contributed by atoms with E-state index < -0.39 is 0 Å². The molecule has 0 spiro atoms. The zero-order valence-electron chi connectivity index (χ0n) is 14.4. The van der Waals surface area contributed by atoms with Crippen LogP contribution in [0.1, 0.15) is 39.2 Å². The third kappa shape index (κ3) is 4.26. The van der Waals surface area contributed by atoms with E-state index in [1.165, 1.54) is 0 Å². The Balaban J connectivity index is 2.23. The fourth-order valence-corrected chi connectivity index (χ4v) is 2.70. The van der Waals surface area contributed by atoms with Crippen molar-refractivity contribution in [2.24, 2.45) is 0 Å². The van der Waals surface area contributed by atoms with Crippen molar-refractivity contribution in [2.45, 2.75) is 33.6 Å². The van der Waals surface area contributed by atoms with Gasteiger partial charge in [0.05, 0.1) is 13.2 Å². The van der Waals surface area contributed by atoms with Gasteiger partial charge >= 0.3 is 0 Å². The Morgan fingerprint density at radius 2 is 1.88 bits per heavy atom. The molecule has 1 saturated heterocycles. The van der Waals surface area contributed by atoms with E-state index in [0.29, 0.717) is 42.1 Å². The molecule has 0 radical (unpaired) electrons. The first kappa shape index (κ1) is 18.3. The Morgan fingerprint density at radius 1 is 1.17 bits per heavy atom.